The Hall–Kier alpha value is -3.22. The van der Waals surface area contributed by atoms with Crippen LogP contribution in [0.25, 0.3) is 28.1 Å². The van der Waals surface area contributed by atoms with Crippen molar-refractivity contribution in [2.24, 2.45) is 0 Å². The molecular formula is C21H14N2. The molecule has 23 heavy (non-hydrogen) atoms. The third-order valence-electron chi connectivity index (χ3n) is 3.76. The topological polar surface area (TPSA) is 25.8 Å². The van der Waals surface area contributed by atoms with Gasteiger partial charge in [-0.05, 0) is 60.2 Å². The Morgan fingerprint density at radius 3 is 1.78 bits per heavy atom. The van der Waals surface area contributed by atoms with Crippen LogP contribution in [-0.4, -0.2) is 9.97 Å². The predicted molar refractivity (Wildman–Crippen MR) is 93.5 cm³/mol. The molecule has 0 saturated carbocycles. The maximum atomic E-state index is 4.48. The van der Waals surface area contributed by atoms with E-state index in [2.05, 4.69) is 40.0 Å². The largest absolute Gasteiger partial charge is 0.256 e. The summed E-state index contributed by atoms with van der Waals surface area (Å²) in [4.78, 5) is 8.95. The molecule has 1 aromatic carbocycles. The number of hydrogen-bond acceptors (Lipinski definition) is 2. The van der Waals surface area contributed by atoms with Gasteiger partial charge in [-0.2, -0.15) is 0 Å². The van der Waals surface area contributed by atoms with Crippen molar-refractivity contribution in [3.8, 4) is 22.5 Å². The standard InChI is InChI=1S/C21H14N2/c1-2-8-16(7-1)17-13-18(20-9-3-5-11-22-20)15-19(14-17)21-10-4-6-12-23-21/h1-7,9-15H. The third-order valence-corrected chi connectivity index (χ3v) is 3.76. The minimum absolute atomic E-state index is 0.957. The van der Waals surface area contributed by atoms with Crippen molar-refractivity contribution in [3.05, 3.63) is 96.5 Å². The van der Waals surface area contributed by atoms with Crippen LogP contribution >= 0.6 is 0 Å². The second kappa shape index (κ2) is 5.88. The summed E-state index contributed by atoms with van der Waals surface area (Å²) in [7, 11) is 0. The molecule has 0 radical (unpaired) electrons. The lowest BCUT2D eigenvalue weighted by molar-refractivity contribution is 1.31. The fourth-order valence-corrected chi connectivity index (χ4v) is 2.66. The van der Waals surface area contributed by atoms with Gasteiger partial charge in [-0.3, -0.25) is 9.97 Å². The molecule has 0 N–H and O–H groups in total. The van der Waals surface area contributed by atoms with Gasteiger partial charge in [0.05, 0.1) is 11.4 Å². The molecule has 0 amide bonds. The van der Waals surface area contributed by atoms with E-state index in [-0.39, 0.29) is 0 Å². The number of pyridine rings is 2. The molecule has 0 spiro atoms. The first-order valence-electron chi connectivity index (χ1n) is 7.52. The average Bonchev–Trinajstić information content (AvgIpc) is 3.18. The molecule has 108 valence electrons. The van der Waals surface area contributed by atoms with Gasteiger partial charge >= 0.3 is 0 Å². The lowest BCUT2D eigenvalue weighted by Crippen LogP contribution is -1.90. The monoisotopic (exact) mass is 294 g/mol. The molecule has 1 aliphatic rings. The van der Waals surface area contributed by atoms with Crippen molar-refractivity contribution in [3.63, 3.8) is 0 Å². The van der Waals surface area contributed by atoms with E-state index in [0.717, 1.165) is 33.7 Å². The fraction of sp³-hybridized carbons (Fsp3) is 0. The van der Waals surface area contributed by atoms with Crippen LogP contribution < -0.4 is 0 Å². The molecule has 1 aliphatic carbocycles. The van der Waals surface area contributed by atoms with Gasteiger partial charge in [0.1, 0.15) is 0 Å². The highest BCUT2D eigenvalue weighted by atomic mass is 14.7. The minimum atomic E-state index is 0.957. The molecule has 2 heteroatoms. The molecular weight excluding hydrogens is 280 g/mol. The molecule has 0 bridgehead atoms. The van der Waals surface area contributed by atoms with Crippen molar-refractivity contribution >= 4 is 5.57 Å². The molecule has 2 heterocycles. The van der Waals surface area contributed by atoms with E-state index in [9.17, 15) is 0 Å². The smallest absolute Gasteiger partial charge is 0.0702 e. The molecule has 0 fully saturated rings. The van der Waals surface area contributed by atoms with Crippen molar-refractivity contribution in [2.75, 3.05) is 0 Å². The molecule has 0 unspecified atom stereocenters. The Morgan fingerprint density at radius 1 is 0.696 bits per heavy atom. The van der Waals surface area contributed by atoms with Crippen LogP contribution in [-0.2, 0) is 0 Å². The molecule has 0 atom stereocenters. The summed E-state index contributed by atoms with van der Waals surface area (Å²) < 4.78 is 0. The Kier molecular flexibility index (Phi) is 3.44. The van der Waals surface area contributed by atoms with Gasteiger partial charge in [0, 0.05) is 29.1 Å². The normalized spacial score (nSPS) is 12.4. The summed E-state index contributed by atoms with van der Waals surface area (Å²) in [5.74, 6) is 0. The Morgan fingerprint density at radius 2 is 1.30 bits per heavy atom. The second-order valence-electron chi connectivity index (χ2n) is 5.31. The highest BCUT2D eigenvalue weighted by Crippen LogP contribution is 2.30. The summed E-state index contributed by atoms with van der Waals surface area (Å²) in [6, 6.07) is 18.4. The molecule has 2 aromatic heterocycles. The van der Waals surface area contributed by atoms with Crippen molar-refractivity contribution in [1.29, 1.82) is 0 Å². The zero-order valence-electron chi connectivity index (χ0n) is 12.5. The van der Waals surface area contributed by atoms with Crippen LogP contribution in [0.3, 0.4) is 0 Å². The maximum Gasteiger partial charge on any atom is 0.0702 e. The first-order valence-corrected chi connectivity index (χ1v) is 7.52. The highest BCUT2D eigenvalue weighted by molar-refractivity contribution is 5.82. The minimum Gasteiger partial charge on any atom is -0.256 e. The van der Waals surface area contributed by atoms with E-state index < -0.39 is 0 Å². The van der Waals surface area contributed by atoms with E-state index in [1.807, 2.05) is 60.9 Å². The van der Waals surface area contributed by atoms with E-state index >= 15 is 0 Å². The molecule has 3 aromatic rings. The van der Waals surface area contributed by atoms with Crippen LogP contribution in [0.1, 0.15) is 5.56 Å². The SMILES string of the molecule is C1=CC=CC=1c1cc(-c2ccccn2)cc(-c2ccccn2)c1. The van der Waals surface area contributed by atoms with Crippen LogP contribution in [0.5, 0.6) is 0 Å². The van der Waals surface area contributed by atoms with E-state index in [1.54, 1.807) is 0 Å². The van der Waals surface area contributed by atoms with Crippen LogP contribution in [0.4, 0.5) is 0 Å². The van der Waals surface area contributed by atoms with Gasteiger partial charge in [-0.1, -0.05) is 18.2 Å². The Labute approximate surface area is 135 Å². The quantitative estimate of drug-likeness (QED) is 0.641. The van der Waals surface area contributed by atoms with Gasteiger partial charge in [0.25, 0.3) is 0 Å². The summed E-state index contributed by atoms with van der Waals surface area (Å²) in [6.07, 6.45) is 9.64. The zero-order chi connectivity index (χ0) is 15.5. The van der Waals surface area contributed by atoms with E-state index in [1.165, 1.54) is 0 Å². The Bertz CT molecular complexity index is 874. The predicted octanol–water partition coefficient (Wildman–Crippen LogP) is 4.92. The van der Waals surface area contributed by atoms with Crippen LogP contribution in [0.15, 0.2) is 91.0 Å². The summed E-state index contributed by atoms with van der Waals surface area (Å²) >= 11 is 0. The molecule has 4 rings (SSSR count). The van der Waals surface area contributed by atoms with Gasteiger partial charge in [0.15, 0.2) is 0 Å². The fourth-order valence-electron chi connectivity index (χ4n) is 2.66. The number of aromatic nitrogens is 2. The van der Waals surface area contributed by atoms with Gasteiger partial charge < -0.3 is 0 Å². The van der Waals surface area contributed by atoms with Crippen LogP contribution in [0, 0.1) is 0 Å². The maximum absolute atomic E-state index is 4.48. The Balaban J connectivity index is 1.91. The van der Waals surface area contributed by atoms with Gasteiger partial charge in [0.2, 0.25) is 0 Å². The molecule has 0 aliphatic heterocycles. The first kappa shape index (κ1) is 13.4. The lowest BCUT2D eigenvalue weighted by atomic mass is 9.97. The lowest BCUT2D eigenvalue weighted by Gasteiger charge is -2.09. The van der Waals surface area contributed by atoms with Gasteiger partial charge in [-0.15, -0.1) is 5.73 Å². The summed E-state index contributed by atoms with van der Waals surface area (Å²) in [5, 5.41) is 0. The van der Waals surface area contributed by atoms with E-state index in [0.29, 0.717) is 0 Å². The number of nitrogens with zero attached hydrogens (tertiary/aromatic N) is 2. The summed E-state index contributed by atoms with van der Waals surface area (Å²) in [5.41, 5.74) is 9.55. The van der Waals surface area contributed by atoms with Crippen LogP contribution in [0.2, 0.25) is 0 Å². The number of benzene rings is 1. The highest BCUT2D eigenvalue weighted by Gasteiger charge is 2.09. The second-order valence-corrected chi connectivity index (χ2v) is 5.31. The number of allylic oxidation sites excluding steroid dienone is 3. The molecule has 0 saturated heterocycles. The summed E-state index contributed by atoms with van der Waals surface area (Å²) in [6.45, 7) is 0. The van der Waals surface area contributed by atoms with Crippen molar-refractivity contribution < 1.29 is 0 Å². The first-order chi connectivity index (χ1) is 11.4. The number of rotatable bonds is 3. The average molecular weight is 294 g/mol. The zero-order valence-corrected chi connectivity index (χ0v) is 12.5. The van der Waals surface area contributed by atoms with Crippen molar-refractivity contribution in [1.82, 2.24) is 9.97 Å². The van der Waals surface area contributed by atoms with Crippen molar-refractivity contribution in [2.45, 2.75) is 0 Å². The number of hydrogen-bond donors (Lipinski definition) is 0. The molecule has 2 nitrogen and oxygen atoms in total. The third kappa shape index (κ3) is 2.76. The van der Waals surface area contributed by atoms with Gasteiger partial charge in [-0.25, -0.2) is 0 Å². The van der Waals surface area contributed by atoms with E-state index in [4.69, 9.17) is 0 Å².